The van der Waals surface area contributed by atoms with Gasteiger partial charge in [0.1, 0.15) is 0 Å². The van der Waals surface area contributed by atoms with Crippen LogP contribution < -0.4 is 0 Å². The molecule has 110 valence electrons. The number of piperazine rings is 1. The van der Waals surface area contributed by atoms with Crippen molar-refractivity contribution < 1.29 is 14.6 Å². The number of carbonyl (C=O) groups is 1. The van der Waals surface area contributed by atoms with Crippen molar-refractivity contribution in [2.45, 2.75) is 13.0 Å². The van der Waals surface area contributed by atoms with E-state index in [1.807, 2.05) is 11.0 Å². The van der Waals surface area contributed by atoms with Gasteiger partial charge in [0.05, 0.1) is 24.7 Å². The van der Waals surface area contributed by atoms with E-state index in [1.54, 1.807) is 11.3 Å². The molecule has 2 aliphatic heterocycles. The summed E-state index contributed by atoms with van der Waals surface area (Å²) in [6.45, 7) is 5.49. The van der Waals surface area contributed by atoms with Gasteiger partial charge >= 0.3 is 0 Å². The molecule has 1 aromatic rings. The second-order valence-electron chi connectivity index (χ2n) is 5.22. The lowest BCUT2D eigenvalue weighted by Crippen LogP contribution is -2.49. The zero-order valence-electron chi connectivity index (χ0n) is 11.5. The topological polar surface area (TPSA) is 53.0 Å². The lowest BCUT2D eigenvalue weighted by Gasteiger charge is -2.34. The fraction of sp³-hybridized carbons (Fsp3) is 0.643. The molecule has 1 amide bonds. The average molecular weight is 296 g/mol. The average Bonchev–Trinajstić information content (AvgIpc) is 2.91. The molecule has 0 radical (unpaired) electrons. The van der Waals surface area contributed by atoms with Crippen LogP contribution in [0.25, 0.3) is 0 Å². The van der Waals surface area contributed by atoms with E-state index in [0.29, 0.717) is 13.2 Å². The number of thiophene rings is 1. The van der Waals surface area contributed by atoms with Crippen molar-refractivity contribution in [3.63, 3.8) is 0 Å². The third-order valence-corrected chi connectivity index (χ3v) is 5.14. The van der Waals surface area contributed by atoms with Gasteiger partial charge in [0.2, 0.25) is 0 Å². The first kappa shape index (κ1) is 14.0. The van der Waals surface area contributed by atoms with Gasteiger partial charge in [-0.25, -0.2) is 0 Å². The first-order chi connectivity index (χ1) is 9.78. The van der Waals surface area contributed by atoms with E-state index >= 15 is 0 Å². The van der Waals surface area contributed by atoms with Gasteiger partial charge in [0.15, 0.2) is 0 Å². The first-order valence-corrected chi connectivity index (χ1v) is 7.91. The molecular weight excluding hydrogens is 276 g/mol. The Hall–Kier alpha value is -0.950. The van der Waals surface area contributed by atoms with Crippen molar-refractivity contribution in [1.82, 2.24) is 9.80 Å². The van der Waals surface area contributed by atoms with Crippen LogP contribution >= 0.6 is 11.3 Å². The number of amides is 1. The van der Waals surface area contributed by atoms with Crippen LogP contribution in [-0.4, -0.2) is 66.8 Å². The summed E-state index contributed by atoms with van der Waals surface area (Å²) in [5.74, 6) is 0.146. The Balaban J connectivity index is 1.63. The molecule has 0 bridgehead atoms. The summed E-state index contributed by atoms with van der Waals surface area (Å²) < 4.78 is 5.43. The minimum absolute atomic E-state index is 0.146. The van der Waals surface area contributed by atoms with E-state index in [-0.39, 0.29) is 12.5 Å². The van der Waals surface area contributed by atoms with Gasteiger partial charge in [0.25, 0.3) is 5.91 Å². The number of carbonyl (C=O) groups excluding carboxylic acids is 1. The number of rotatable bonds is 3. The van der Waals surface area contributed by atoms with Crippen LogP contribution in [0, 0.1) is 0 Å². The molecule has 3 rings (SSSR count). The highest BCUT2D eigenvalue weighted by Crippen LogP contribution is 2.28. The Morgan fingerprint density at radius 3 is 2.85 bits per heavy atom. The maximum absolute atomic E-state index is 12.5. The maximum Gasteiger partial charge on any atom is 0.264 e. The molecule has 0 atom stereocenters. The normalized spacial score (nSPS) is 19.9. The van der Waals surface area contributed by atoms with Crippen LogP contribution in [0.15, 0.2) is 6.07 Å². The van der Waals surface area contributed by atoms with Crippen LogP contribution in [0.5, 0.6) is 0 Å². The van der Waals surface area contributed by atoms with Gasteiger partial charge in [-0.2, -0.15) is 0 Å². The van der Waals surface area contributed by atoms with Crippen LogP contribution in [0.3, 0.4) is 0 Å². The molecule has 0 unspecified atom stereocenters. The van der Waals surface area contributed by atoms with E-state index in [1.165, 1.54) is 10.4 Å². The summed E-state index contributed by atoms with van der Waals surface area (Å²) in [7, 11) is 0. The molecule has 1 aromatic heterocycles. The van der Waals surface area contributed by atoms with Crippen molar-refractivity contribution in [3.8, 4) is 0 Å². The van der Waals surface area contributed by atoms with E-state index in [0.717, 1.165) is 44.1 Å². The quantitative estimate of drug-likeness (QED) is 0.886. The minimum atomic E-state index is 0.146. The second-order valence-corrected chi connectivity index (χ2v) is 6.36. The molecule has 0 saturated carbocycles. The highest BCUT2D eigenvalue weighted by atomic mass is 32.1. The number of hydrogen-bond acceptors (Lipinski definition) is 5. The largest absolute Gasteiger partial charge is 0.395 e. The SMILES string of the molecule is O=C(c1cc2c(s1)CCOC2)N1CCN(CCO)CC1. The van der Waals surface area contributed by atoms with Gasteiger partial charge in [-0.15, -0.1) is 11.3 Å². The van der Waals surface area contributed by atoms with Crippen LogP contribution in [-0.2, 0) is 17.8 Å². The van der Waals surface area contributed by atoms with E-state index < -0.39 is 0 Å². The fourth-order valence-electron chi connectivity index (χ4n) is 2.72. The second kappa shape index (κ2) is 6.22. The zero-order valence-corrected chi connectivity index (χ0v) is 12.3. The summed E-state index contributed by atoms with van der Waals surface area (Å²) in [5.41, 5.74) is 1.18. The molecular formula is C14H20N2O3S. The Labute approximate surface area is 122 Å². The Morgan fingerprint density at radius 2 is 2.15 bits per heavy atom. The van der Waals surface area contributed by atoms with Gasteiger partial charge < -0.3 is 14.7 Å². The standard InChI is InChI=1S/C14H20N2O3S/c17-7-6-15-2-4-16(5-3-15)14(18)13-9-11-10-19-8-1-12(11)20-13/h9,17H,1-8,10H2. The Bertz CT molecular complexity index is 457. The number of nitrogens with zero attached hydrogens (tertiary/aromatic N) is 2. The molecule has 0 aliphatic carbocycles. The Morgan fingerprint density at radius 1 is 1.35 bits per heavy atom. The summed E-state index contributed by atoms with van der Waals surface area (Å²) in [4.78, 5) is 18.8. The smallest absolute Gasteiger partial charge is 0.264 e. The van der Waals surface area contributed by atoms with Gasteiger partial charge in [-0.3, -0.25) is 9.69 Å². The van der Waals surface area contributed by atoms with Crippen molar-refractivity contribution in [3.05, 3.63) is 21.4 Å². The number of β-amino-alcohol motifs (C(OH)–C–C–N with tert-alkyl or cyclic N) is 1. The van der Waals surface area contributed by atoms with Crippen molar-refractivity contribution >= 4 is 17.2 Å². The van der Waals surface area contributed by atoms with Crippen LogP contribution in [0.2, 0.25) is 0 Å². The van der Waals surface area contributed by atoms with E-state index in [2.05, 4.69) is 4.90 Å². The third-order valence-electron chi connectivity index (χ3n) is 3.91. The summed E-state index contributed by atoms with van der Waals surface area (Å²) in [6.07, 6.45) is 0.928. The molecule has 6 heteroatoms. The lowest BCUT2D eigenvalue weighted by molar-refractivity contribution is 0.0619. The predicted octanol–water partition coefficient (Wildman–Crippen LogP) is 0.571. The van der Waals surface area contributed by atoms with E-state index in [4.69, 9.17) is 9.84 Å². The molecule has 20 heavy (non-hydrogen) atoms. The van der Waals surface area contributed by atoms with Crippen LogP contribution in [0.1, 0.15) is 20.1 Å². The molecule has 1 saturated heterocycles. The molecule has 2 aliphatic rings. The number of ether oxygens (including phenoxy) is 1. The summed E-state index contributed by atoms with van der Waals surface area (Å²) in [6, 6.07) is 2.00. The maximum atomic E-state index is 12.5. The van der Waals surface area contributed by atoms with Gasteiger partial charge in [-0.05, 0) is 11.6 Å². The predicted molar refractivity (Wildman–Crippen MR) is 77.1 cm³/mol. The summed E-state index contributed by atoms with van der Waals surface area (Å²) in [5, 5.41) is 8.93. The minimum Gasteiger partial charge on any atom is -0.395 e. The Kier molecular flexibility index (Phi) is 4.35. The highest BCUT2D eigenvalue weighted by Gasteiger charge is 2.24. The van der Waals surface area contributed by atoms with Crippen molar-refractivity contribution in [1.29, 1.82) is 0 Å². The summed E-state index contributed by atoms with van der Waals surface area (Å²) >= 11 is 1.62. The third kappa shape index (κ3) is 2.88. The molecule has 5 nitrogen and oxygen atoms in total. The van der Waals surface area contributed by atoms with Crippen molar-refractivity contribution in [2.24, 2.45) is 0 Å². The molecule has 0 spiro atoms. The molecule has 3 heterocycles. The van der Waals surface area contributed by atoms with Crippen LogP contribution in [0.4, 0.5) is 0 Å². The molecule has 1 N–H and O–H groups in total. The number of aliphatic hydroxyl groups is 1. The first-order valence-electron chi connectivity index (χ1n) is 7.10. The fourth-order valence-corrected chi connectivity index (χ4v) is 3.84. The highest BCUT2D eigenvalue weighted by molar-refractivity contribution is 7.14. The van der Waals surface area contributed by atoms with Gasteiger partial charge in [0, 0.05) is 44.0 Å². The number of fused-ring (bicyclic) bond motifs is 1. The molecule has 0 aromatic carbocycles. The number of hydrogen-bond donors (Lipinski definition) is 1. The van der Waals surface area contributed by atoms with E-state index in [9.17, 15) is 4.79 Å². The molecule has 1 fully saturated rings. The lowest BCUT2D eigenvalue weighted by atomic mass is 10.2. The zero-order chi connectivity index (χ0) is 13.9. The van der Waals surface area contributed by atoms with Gasteiger partial charge in [-0.1, -0.05) is 0 Å². The monoisotopic (exact) mass is 296 g/mol. The number of aliphatic hydroxyl groups excluding tert-OH is 1. The van der Waals surface area contributed by atoms with Crippen molar-refractivity contribution in [2.75, 3.05) is 45.9 Å².